The van der Waals surface area contributed by atoms with E-state index in [-0.39, 0.29) is 5.41 Å². The Balaban J connectivity index is 2.50. The standard InChI is InChI=1S/C21H22/c1-6-10-18-15(7-2)20-17-12-9-8-11-16(17)14(3)13-19(20)21(18,4)5/h6-13H,2H2,1,3-5H3. The lowest BCUT2D eigenvalue weighted by Gasteiger charge is -2.23. The van der Waals surface area contributed by atoms with E-state index in [1.807, 2.05) is 6.08 Å². The third-order valence-corrected chi connectivity index (χ3v) is 4.70. The van der Waals surface area contributed by atoms with Crippen LogP contribution in [0.25, 0.3) is 16.3 Å². The second-order valence-corrected chi connectivity index (χ2v) is 6.32. The highest BCUT2D eigenvalue weighted by Crippen LogP contribution is 2.50. The van der Waals surface area contributed by atoms with Crippen LogP contribution in [0.5, 0.6) is 0 Å². The Labute approximate surface area is 127 Å². The summed E-state index contributed by atoms with van der Waals surface area (Å²) in [5.74, 6) is 0. The van der Waals surface area contributed by atoms with E-state index in [1.54, 1.807) is 0 Å². The van der Waals surface area contributed by atoms with E-state index < -0.39 is 0 Å². The third kappa shape index (κ3) is 1.82. The first kappa shape index (κ1) is 13.9. The van der Waals surface area contributed by atoms with Gasteiger partial charge in [-0.2, -0.15) is 0 Å². The highest BCUT2D eigenvalue weighted by Gasteiger charge is 2.36. The van der Waals surface area contributed by atoms with E-state index in [4.69, 9.17) is 0 Å². The first-order valence-electron chi connectivity index (χ1n) is 7.55. The normalized spacial score (nSPS) is 16.8. The van der Waals surface area contributed by atoms with Gasteiger partial charge in [-0.15, -0.1) is 0 Å². The minimum absolute atomic E-state index is 0.0279. The van der Waals surface area contributed by atoms with Crippen molar-refractivity contribution in [2.75, 3.05) is 0 Å². The molecule has 0 bridgehead atoms. The van der Waals surface area contributed by atoms with Gasteiger partial charge in [-0.05, 0) is 52.5 Å². The molecule has 0 radical (unpaired) electrons. The third-order valence-electron chi connectivity index (χ3n) is 4.70. The van der Waals surface area contributed by atoms with Crippen molar-refractivity contribution in [2.45, 2.75) is 33.1 Å². The molecule has 1 aliphatic carbocycles. The largest absolute Gasteiger partial charge is 0.0984 e. The van der Waals surface area contributed by atoms with Gasteiger partial charge in [0.25, 0.3) is 0 Å². The zero-order valence-corrected chi connectivity index (χ0v) is 13.3. The molecule has 0 saturated heterocycles. The summed E-state index contributed by atoms with van der Waals surface area (Å²) in [5.41, 5.74) is 6.81. The number of rotatable bonds is 2. The van der Waals surface area contributed by atoms with Crippen molar-refractivity contribution in [3.63, 3.8) is 0 Å². The van der Waals surface area contributed by atoms with Crippen molar-refractivity contribution < 1.29 is 0 Å². The van der Waals surface area contributed by atoms with Gasteiger partial charge in [0, 0.05) is 5.41 Å². The molecule has 1 aliphatic rings. The first-order chi connectivity index (χ1) is 10.0. The van der Waals surface area contributed by atoms with Gasteiger partial charge in [0.05, 0.1) is 0 Å². The van der Waals surface area contributed by atoms with Crippen molar-refractivity contribution in [1.29, 1.82) is 0 Å². The zero-order chi connectivity index (χ0) is 15.2. The van der Waals surface area contributed by atoms with Crippen LogP contribution in [0.15, 0.2) is 60.7 Å². The van der Waals surface area contributed by atoms with Gasteiger partial charge < -0.3 is 0 Å². The van der Waals surface area contributed by atoms with Gasteiger partial charge in [0.1, 0.15) is 0 Å². The molecule has 0 fully saturated rings. The number of hydrogen-bond donors (Lipinski definition) is 0. The maximum Gasteiger partial charge on any atom is 0.0159 e. The lowest BCUT2D eigenvalue weighted by Crippen LogP contribution is -2.16. The van der Waals surface area contributed by atoms with Crippen LogP contribution in [-0.4, -0.2) is 0 Å². The Bertz CT molecular complexity index is 798. The molecule has 106 valence electrons. The minimum atomic E-state index is 0.0279. The number of aryl methyl sites for hydroxylation is 1. The van der Waals surface area contributed by atoms with Crippen molar-refractivity contribution in [3.05, 3.63) is 77.4 Å². The second-order valence-electron chi connectivity index (χ2n) is 6.32. The Kier molecular flexibility index (Phi) is 3.13. The van der Waals surface area contributed by atoms with Crippen molar-refractivity contribution in [3.8, 4) is 0 Å². The molecule has 0 atom stereocenters. The molecule has 0 amide bonds. The quantitative estimate of drug-likeness (QED) is 0.634. The van der Waals surface area contributed by atoms with Crippen LogP contribution in [0.1, 0.15) is 37.5 Å². The van der Waals surface area contributed by atoms with Crippen molar-refractivity contribution in [1.82, 2.24) is 0 Å². The molecule has 2 aromatic carbocycles. The molecule has 0 heteroatoms. The van der Waals surface area contributed by atoms with E-state index >= 15 is 0 Å². The van der Waals surface area contributed by atoms with Crippen LogP contribution in [-0.2, 0) is 5.41 Å². The van der Waals surface area contributed by atoms with Gasteiger partial charge in [-0.3, -0.25) is 0 Å². The van der Waals surface area contributed by atoms with Crippen molar-refractivity contribution in [2.24, 2.45) is 0 Å². The maximum absolute atomic E-state index is 4.08. The molecule has 2 aromatic rings. The molecule has 21 heavy (non-hydrogen) atoms. The summed E-state index contributed by atoms with van der Waals surface area (Å²) >= 11 is 0. The zero-order valence-electron chi connectivity index (χ0n) is 13.3. The molecule has 0 spiro atoms. The van der Waals surface area contributed by atoms with Crippen LogP contribution < -0.4 is 0 Å². The Hall–Kier alpha value is -2.08. The molecular formula is C21H22. The van der Waals surface area contributed by atoms with E-state index in [2.05, 4.69) is 76.8 Å². The summed E-state index contributed by atoms with van der Waals surface area (Å²) in [7, 11) is 0. The Morgan fingerprint density at radius 2 is 1.76 bits per heavy atom. The smallest absolute Gasteiger partial charge is 0.0159 e. The summed E-state index contributed by atoms with van der Waals surface area (Å²) in [6, 6.07) is 11.1. The Morgan fingerprint density at radius 1 is 1.10 bits per heavy atom. The monoisotopic (exact) mass is 274 g/mol. The number of hydrogen-bond acceptors (Lipinski definition) is 0. The fourth-order valence-electron chi connectivity index (χ4n) is 3.63. The van der Waals surface area contributed by atoms with E-state index in [0.29, 0.717) is 0 Å². The summed E-state index contributed by atoms with van der Waals surface area (Å²) < 4.78 is 0. The molecule has 0 aromatic heterocycles. The van der Waals surface area contributed by atoms with E-state index in [1.165, 1.54) is 38.6 Å². The molecule has 3 rings (SSSR count). The summed E-state index contributed by atoms with van der Waals surface area (Å²) in [4.78, 5) is 0. The second kappa shape index (κ2) is 4.73. The van der Waals surface area contributed by atoms with Crippen LogP contribution in [0, 0.1) is 6.92 Å². The minimum Gasteiger partial charge on any atom is -0.0984 e. The fourth-order valence-corrected chi connectivity index (χ4v) is 3.63. The Morgan fingerprint density at radius 3 is 2.38 bits per heavy atom. The van der Waals surface area contributed by atoms with Gasteiger partial charge in [-0.25, -0.2) is 0 Å². The molecule has 0 heterocycles. The molecule has 0 nitrogen and oxygen atoms in total. The predicted molar refractivity (Wildman–Crippen MR) is 93.6 cm³/mol. The fraction of sp³-hybridized carbons (Fsp3) is 0.238. The lowest BCUT2D eigenvalue weighted by atomic mass is 9.80. The summed E-state index contributed by atoms with van der Waals surface area (Å²) in [6.07, 6.45) is 6.38. The van der Waals surface area contributed by atoms with Crippen LogP contribution in [0.2, 0.25) is 0 Å². The number of allylic oxidation sites excluding steroid dienone is 5. The summed E-state index contributed by atoms with van der Waals surface area (Å²) in [5, 5.41) is 2.68. The average Bonchev–Trinajstić information content (AvgIpc) is 2.68. The van der Waals surface area contributed by atoms with Gasteiger partial charge in [0.15, 0.2) is 0 Å². The van der Waals surface area contributed by atoms with Crippen LogP contribution >= 0.6 is 0 Å². The van der Waals surface area contributed by atoms with Crippen LogP contribution in [0.4, 0.5) is 0 Å². The van der Waals surface area contributed by atoms with Gasteiger partial charge in [0.2, 0.25) is 0 Å². The molecule has 0 N–H and O–H groups in total. The topological polar surface area (TPSA) is 0 Å². The average molecular weight is 274 g/mol. The molecular weight excluding hydrogens is 252 g/mol. The van der Waals surface area contributed by atoms with Gasteiger partial charge in [-0.1, -0.05) is 69.0 Å². The van der Waals surface area contributed by atoms with Crippen molar-refractivity contribution >= 4 is 16.3 Å². The van der Waals surface area contributed by atoms with Crippen LogP contribution in [0.3, 0.4) is 0 Å². The lowest BCUT2D eigenvalue weighted by molar-refractivity contribution is 0.654. The molecule has 0 saturated carbocycles. The van der Waals surface area contributed by atoms with E-state index in [0.717, 1.165) is 0 Å². The SMILES string of the molecule is C=CC1=C(C=CC)C(C)(C)c2cc(C)c3ccccc3c21. The number of benzene rings is 2. The highest BCUT2D eigenvalue weighted by molar-refractivity contribution is 6.03. The highest BCUT2D eigenvalue weighted by atomic mass is 14.4. The predicted octanol–water partition coefficient (Wildman–Crippen LogP) is 5.96. The molecule has 0 unspecified atom stereocenters. The number of fused-ring (bicyclic) bond motifs is 3. The molecule has 0 aliphatic heterocycles. The summed E-state index contributed by atoms with van der Waals surface area (Å²) in [6.45, 7) is 13.0. The van der Waals surface area contributed by atoms with E-state index in [9.17, 15) is 0 Å². The first-order valence-corrected chi connectivity index (χ1v) is 7.55. The maximum atomic E-state index is 4.08. The van der Waals surface area contributed by atoms with Gasteiger partial charge >= 0.3 is 0 Å².